The molecule has 2 atom stereocenters. The number of aryl methyl sites for hydroxylation is 1. The van der Waals surface area contributed by atoms with Crippen LogP contribution in [0.2, 0.25) is 0 Å². The number of halogens is 3. The highest BCUT2D eigenvalue weighted by atomic mass is 19.4. The number of imidazole rings is 1. The number of anilines is 3. The second-order valence-corrected chi connectivity index (χ2v) is 13.0. The van der Waals surface area contributed by atoms with Gasteiger partial charge in [-0.1, -0.05) is 24.1 Å². The van der Waals surface area contributed by atoms with Crippen molar-refractivity contribution >= 4 is 22.7 Å². The smallest absolute Gasteiger partial charge is 0.369 e. The number of nitrogens with one attached hydrogen (secondary N) is 2. The number of likely N-dealkylation sites (N-methyl/N-ethyl adjacent to an activating group) is 1. The number of aliphatic hydroxyl groups excluding tert-OH is 1. The molecular weight excluding hydrogens is 629 g/mol. The third-order valence-electron chi connectivity index (χ3n) is 9.00. The van der Waals surface area contributed by atoms with E-state index in [9.17, 15) is 18.3 Å². The van der Waals surface area contributed by atoms with Gasteiger partial charge < -0.3 is 20.6 Å². The first-order chi connectivity index (χ1) is 23.4. The minimum Gasteiger partial charge on any atom is -0.369 e. The molecule has 5 aromatic rings. The normalized spacial score (nSPS) is 16.5. The quantitative estimate of drug-likeness (QED) is 0.123. The number of rotatable bonds is 8. The zero-order valence-electron chi connectivity index (χ0n) is 28.3. The van der Waals surface area contributed by atoms with Crippen LogP contribution in [0.25, 0.3) is 5.65 Å². The summed E-state index contributed by atoms with van der Waals surface area (Å²) in [6, 6.07) is 13.8. The Morgan fingerprint density at radius 2 is 1.86 bits per heavy atom. The van der Waals surface area contributed by atoms with E-state index in [1.807, 2.05) is 53.6 Å². The third-order valence-corrected chi connectivity index (χ3v) is 9.00. The molecule has 3 N–H and O–H groups in total. The van der Waals surface area contributed by atoms with Crippen molar-refractivity contribution in [2.75, 3.05) is 37.3 Å². The zero-order chi connectivity index (χ0) is 34.9. The van der Waals surface area contributed by atoms with Crippen LogP contribution in [-0.2, 0) is 12.7 Å². The molecule has 3 aromatic heterocycles. The molecule has 49 heavy (non-hydrogen) atoms. The fourth-order valence-electron chi connectivity index (χ4n) is 5.93. The van der Waals surface area contributed by atoms with Crippen molar-refractivity contribution in [2.24, 2.45) is 0 Å². The summed E-state index contributed by atoms with van der Waals surface area (Å²) in [4.78, 5) is 8.85. The highest BCUT2D eigenvalue weighted by Gasteiger charge is 2.34. The molecule has 0 amide bonds. The Labute approximate surface area is 284 Å². The van der Waals surface area contributed by atoms with Gasteiger partial charge in [-0.2, -0.15) is 18.3 Å². The van der Waals surface area contributed by atoms with Crippen LogP contribution in [0.5, 0.6) is 0 Å². The molecule has 9 nitrogen and oxygen atoms in total. The lowest BCUT2D eigenvalue weighted by molar-refractivity contribution is -0.138. The van der Waals surface area contributed by atoms with E-state index in [0.717, 1.165) is 29.5 Å². The van der Waals surface area contributed by atoms with Gasteiger partial charge >= 0.3 is 6.18 Å². The summed E-state index contributed by atoms with van der Waals surface area (Å²) < 4.78 is 46.3. The zero-order valence-corrected chi connectivity index (χ0v) is 28.3. The Morgan fingerprint density at radius 1 is 1.04 bits per heavy atom. The number of hydrogen-bond acceptors (Lipinski definition) is 7. The molecule has 1 aliphatic rings. The number of aromatic nitrogens is 4. The van der Waals surface area contributed by atoms with Crippen molar-refractivity contribution in [3.05, 3.63) is 107 Å². The Kier molecular flexibility index (Phi) is 9.70. The average molecular weight is 671 g/mol. The van der Waals surface area contributed by atoms with Crippen LogP contribution in [0.3, 0.4) is 0 Å². The number of benzene rings is 2. The lowest BCUT2D eigenvalue weighted by Gasteiger charge is -2.38. The van der Waals surface area contributed by atoms with E-state index in [0.29, 0.717) is 35.6 Å². The first-order valence-electron chi connectivity index (χ1n) is 16.3. The van der Waals surface area contributed by atoms with Gasteiger partial charge in [0.1, 0.15) is 5.69 Å². The molecule has 0 bridgehead atoms. The minimum atomic E-state index is -4.53. The number of fused-ring (bicyclic) bond motifs is 1. The molecule has 256 valence electrons. The van der Waals surface area contributed by atoms with Gasteiger partial charge in [0.25, 0.3) is 0 Å². The van der Waals surface area contributed by atoms with Crippen LogP contribution in [0.15, 0.2) is 73.3 Å². The Balaban J connectivity index is 1.19. The van der Waals surface area contributed by atoms with E-state index in [1.54, 1.807) is 30.6 Å². The van der Waals surface area contributed by atoms with Gasteiger partial charge in [-0.25, -0.2) is 4.98 Å². The molecule has 0 saturated carbocycles. The minimum absolute atomic E-state index is 0.176. The van der Waals surface area contributed by atoms with E-state index < -0.39 is 18.0 Å². The number of nitrogens with zero attached hydrogens (tertiary/aromatic N) is 6. The molecule has 6 rings (SSSR count). The maximum atomic E-state index is 14.2. The number of hydrogen-bond donors (Lipinski definition) is 3. The van der Waals surface area contributed by atoms with Gasteiger partial charge in [-0.05, 0) is 82.1 Å². The molecule has 4 heterocycles. The van der Waals surface area contributed by atoms with Crippen LogP contribution in [0.1, 0.15) is 66.6 Å². The van der Waals surface area contributed by atoms with Gasteiger partial charge in [0.15, 0.2) is 11.9 Å². The van der Waals surface area contributed by atoms with Crippen LogP contribution < -0.4 is 10.6 Å². The van der Waals surface area contributed by atoms with Crippen molar-refractivity contribution in [3.63, 3.8) is 0 Å². The lowest BCUT2D eigenvalue weighted by Crippen LogP contribution is -2.49. The average Bonchev–Trinajstić information content (AvgIpc) is 3.70. The fourth-order valence-corrected chi connectivity index (χ4v) is 5.93. The maximum Gasteiger partial charge on any atom is 0.416 e. The highest BCUT2D eigenvalue weighted by Crippen LogP contribution is 2.35. The Morgan fingerprint density at radius 3 is 2.59 bits per heavy atom. The van der Waals surface area contributed by atoms with Crippen molar-refractivity contribution < 1.29 is 18.3 Å². The molecule has 0 aliphatic carbocycles. The summed E-state index contributed by atoms with van der Waals surface area (Å²) in [7, 11) is 2.03. The molecule has 1 saturated heterocycles. The molecule has 0 radical (unpaired) electrons. The highest BCUT2D eigenvalue weighted by molar-refractivity contribution is 5.74. The molecule has 12 heteroatoms. The monoisotopic (exact) mass is 670 g/mol. The topological polar surface area (TPSA) is 85.9 Å². The molecule has 2 aromatic carbocycles. The van der Waals surface area contributed by atoms with Crippen LogP contribution in [0, 0.1) is 18.8 Å². The van der Waals surface area contributed by atoms with E-state index >= 15 is 0 Å². The summed E-state index contributed by atoms with van der Waals surface area (Å²) >= 11 is 0. The van der Waals surface area contributed by atoms with Crippen molar-refractivity contribution in [1.29, 1.82) is 0 Å². The Hall–Kier alpha value is -4.83. The fraction of sp³-hybridized carbons (Fsp3) is 0.351. The largest absolute Gasteiger partial charge is 0.416 e. The maximum absolute atomic E-state index is 14.2. The molecular formula is C37H41F3N8O. The second-order valence-electron chi connectivity index (χ2n) is 13.0. The van der Waals surface area contributed by atoms with Crippen LogP contribution in [-0.4, -0.2) is 66.8 Å². The molecule has 1 aliphatic heterocycles. The predicted octanol–water partition coefficient (Wildman–Crippen LogP) is 6.82. The van der Waals surface area contributed by atoms with Gasteiger partial charge in [0.05, 0.1) is 29.3 Å². The number of alkyl halides is 3. The standard InChI is InChI=1S/C37H41F3N8O/c1-24(2)48-23-31(19-42-48)43-34-7-6-14-47-32(20-41-35(34)47)13-11-27-17-28(9-8-25(27)3)36(49)44-30-12-10-29(33(18-30)37(38,39)40)22-46-16-15-45(5)26(4)21-46/h6-10,12,14,17-20,23-24,26,36,43-44,49H,15-16,21-22H2,1-5H3/t26-,36?/m1/s1. The summed E-state index contributed by atoms with van der Waals surface area (Å²) in [5.41, 5.74) is 4.77. The first kappa shape index (κ1) is 34.0. The summed E-state index contributed by atoms with van der Waals surface area (Å²) in [5, 5.41) is 21.7. The predicted molar refractivity (Wildman–Crippen MR) is 186 cm³/mol. The van der Waals surface area contributed by atoms with E-state index in [1.165, 1.54) is 6.07 Å². The number of piperazine rings is 1. The van der Waals surface area contributed by atoms with Crippen molar-refractivity contribution in [1.82, 2.24) is 29.0 Å². The molecule has 1 fully saturated rings. The number of pyridine rings is 1. The van der Waals surface area contributed by atoms with Crippen molar-refractivity contribution in [3.8, 4) is 11.8 Å². The second kappa shape index (κ2) is 14.0. The summed E-state index contributed by atoms with van der Waals surface area (Å²) in [6.45, 7) is 10.5. The summed E-state index contributed by atoms with van der Waals surface area (Å²) in [5.74, 6) is 6.38. The van der Waals surface area contributed by atoms with Gasteiger partial charge in [0, 0.05) is 67.5 Å². The van der Waals surface area contributed by atoms with Gasteiger partial charge in [-0.3, -0.25) is 14.0 Å². The van der Waals surface area contributed by atoms with E-state index in [4.69, 9.17) is 0 Å². The van der Waals surface area contributed by atoms with Crippen LogP contribution >= 0.6 is 0 Å². The molecule has 1 unspecified atom stereocenters. The summed E-state index contributed by atoms with van der Waals surface area (Å²) in [6.07, 6.45) is 1.51. The first-order valence-corrected chi connectivity index (χ1v) is 16.3. The van der Waals surface area contributed by atoms with E-state index in [2.05, 4.69) is 63.1 Å². The number of aliphatic hydroxyl groups is 1. The Bertz CT molecular complexity index is 2000. The van der Waals surface area contributed by atoms with E-state index in [-0.39, 0.29) is 29.9 Å². The van der Waals surface area contributed by atoms with Crippen molar-refractivity contribution in [2.45, 2.75) is 58.7 Å². The van der Waals surface area contributed by atoms with Crippen LogP contribution in [0.4, 0.5) is 30.2 Å². The van der Waals surface area contributed by atoms with Gasteiger partial charge in [0.2, 0.25) is 0 Å². The SMILES string of the molecule is Cc1ccc(C(O)Nc2ccc(CN3CCN(C)[C@H](C)C3)c(C(F)(F)F)c2)cc1C#Cc1cnc2c(Nc3cnn(C(C)C)c3)cccn12. The lowest BCUT2D eigenvalue weighted by atomic mass is 10.0. The molecule has 0 spiro atoms. The third kappa shape index (κ3) is 7.75. The van der Waals surface area contributed by atoms with Gasteiger partial charge in [-0.15, -0.1) is 0 Å².